The number of amides is 1. The highest BCUT2D eigenvalue weighted by Gasteiger charge is 2.35. The van der Waals surface area contributed by atoms with Gasteiger partial charge in [0, 0.05) is 5.02 Å². The minimum Gasteiger partial charge on any atom is -0.476 e. The monoisotopic (exact) mass is 434 g/mol. The fourth-order valence-electron chi connectivity index (χ4n) is 2.30. The molecular weight excluding hydrogens is 420 g/mol. The summed E-state index contributed by atoms with van der Waals surface area (Å²) in [6, 6.07) is 4.60. The number of ether oxygens (including phenoxy) is 1. The van der Waals surface area contributed by atoms with Gasteiger partial charge in [-0.2, -0.15) is 0 Å². The van der Waals surface area contributed by atoms with Gasteiger partial charge in [-0.15, -0.1) is 10.2 Å². The van der Waals surface area contributed by atoms with Crippen LogP contribution < -0.4 is 14.4 Å². The Balaban J connectivity index is 1.82. The van der Waals surface area contributed by atoms with Crippen LogP contribution in [0.3, 0.4) is 0 Å². The van der Waals surface area contributed by atoms with E-state index in [1.54, 1.807) is 6.07 Å². The summed E-state index contributed by atoms with van der Waals surface area (Å²) in [4.78, 5) is 12.5. The van der Waals surface area contributed by atoms with Gasteiger partial charge in [-0.3, -0.25) is 14.4 Å². The topological polar surface area (TPSA) is 101 Å². The fourth-order valence-corrected chi connectivity index (χ4v) is 5.03. The molecule has 1 amide bonds. The predicted molar refractivity (Wildman–Crippen MR) is 103 cm³/mol. The molecule has 0 radical (unpaired) electrons. The Labute approximate surface area is 163 Å². The summed E-state index contributed by atoms with van der Waals surface area (Å²) in [7, 11) is -3.61. The highest BCUT2D eigenvalue weighted by Crippen LogP contribution is 2.37. The maximum absolute atomic E-state index is 12.5. The van der Waals surface area contributed by atoms with Crippen molar-refractivity contribution < 1.29 is 17.9 Å². The zero-order valence-corrected chi connectivity index (χ0v) is 17.0. The van der Waals surface area contributed by atoms with E-state index in [0.717, 1.165) is 20.7 Å². The third-order valence-electron chi connectivity index (χ3n) is 3.39. The average molecular weight is 435 g/mol. The normalized spacial score (nSPS) is 16.7. The Morgan fingerprint density at radius 3 is 2.96 bits per heavy atom. The number of halogens is 1. The summed E-state index contributed by atoms with van der Waals surface area (Å²) < 4.78 is 31.8. The molecule has 26 heavy (non-hydrogen) atoms. The Bertz CT molecular complexity index is 934. The molecule has 1 aliphatic rings. The van der Waals surface area contributed by atoms with E-state index < -0.39 is 22.0 Å². The van der Waals surface area contributed by atoms with Gasteiger partial charge in [0.15, 0.2) is 10.4 Å². The standard InChI is InChI=1S/C14H15ClN4O4S3/c1-3-24-14-18-17-13(25-14)16-12(20)11-7-19(26(2,21)22)9-6-8(15)4-5-10(9)23-11/h4-6,11H,3,7H2,1-2H3,(H,16,17,20)/t11-/m0/s1. The van der Waals surface area contributed by atoms with Gasteiger partial charge >= 0.3 is 0 Å². The van der Waals surface area contributed by atoms with E-state index in [0.29, 0.717) is 15.8 Å². The van der Waals surface area contributed by atoms with Gasteiger partial charge in [-0.25, -0.2) is 8.42 Å². The quantitative estimate of drug-likeness (QED) is 0.569. The lowest BCUT2D eigenvalue weighted by Gasteiger charge is -2.33. The highest BCUT2D eigenvalue weighted by atomic mass is 35.5. The number of nitrogens with one attached hydrogen (secondary N) is 1. The molecule has 2 aromatic rings. The zero-order chi connectivity index (χ0) is 18.9. The lowest BCUT2D eigenvalue weighted by atomic mass is 10.2. The smallest absolute Gasteiger partial charge is 0.269 e. The van der Waals surface area contributed by atoms with E-state index in [-0.39, 0.29) is 12.3 Å². The molecular formula is C14H15ClN4O4S3. The van der Waals surface area contributed by atoms with Crippen molar-refractivity contribution in [1.82, 2.24) is 10.2 Å². The average Bonchev–Trinajstić information content (AvgIpc) is 3.00. The van der Waals surface area contributed by atoms with Gasteiger partial charge in [0.1, 0.15) is 5.75 Å². The molecule has 0 unspecified atom stereocenters. The maximum Gasteiger partial charge on any atom is 0.269 e. The Hall–Kier alpha value is -1.56. The van der Waals surface area contributed by atoms with Gasteiger partial charge in [0.05, 0.1) is 18.5 Å². The molecule has 12 heteroatoms. The van der Waals surface area contributed by atoms with Crippen LogP contribution in [-0.4, -0.2) is 49.2 Å². The molecule has 1 aromatic carbocycles. The van der Waals surface area contributed by atoms with Gasteiger partial charge in [0.25, 0.3) is 5.91 Å². The van der Waals surface area contributed by atoms with E-state index in [1.165, 1.54) is 35.2 Å². The second-order valence-corrected chi connectivity index (χ2v) is 10.1. The van der Waals surface area contributed by atoms with E-state index >= 15 is 0 Å². The summed E-state index contributed by atoms with van der Waals surface area (Å²) in [5.41, 5.74) is 0.307. The van der Waals surface area contributed by atoms with Crippen LogP contribution in [-0.2, 0) is 14.8 Å². The van der Waals surface area contributed by atoms with Crippen molar-refractivity contribution in [3.63, 3.8) is 0 Å². The lowest BCUT2D eigenvalue weighted by molar-refractivity contribution is -0.122. The van der Waals surface area contributed by atoms with Crippen molar-refractivity contribution in [3.05, 3.63) is 23.2 Å². The summed E-state index contributed by atoms with van der Waals surface area (Å²) in [6.45, 7) is 1.83. The van der Waals surface area contributed by atoms with E-state index in [4.69, 9.17) is 16.3 Å². The molecule has 2 heterocycles. The third-order valence-corrected chi connectivity index (χ3v) is 6.62. The molecule has 1 aliphatic heterocycles. The van der Waals surface area contributed by atoms with Crippen LogP contribution in [0.2, 0.25) is 5.02 Å². The Morgan fingerprint density at radius 1 is 1.50 bits per heavy atom. The molecule has 0 fully saturated rings. The molecule has 1 N–H and O–H groups in total. The fraction of sp³-hybridized carbons (Fsp3) is 0.357. The first-order valence-electron chi connectivity index (χ1n) is 7.49. The van der Waals surface area contributed by atoms with Crippen molar-refractivity contribution in [2.45, 2.75) is 17.4 Å². The first-order valence-corrected chi connectivity index (χ1v) is 11.5. The SMILES string of the molecule is CCSc1nnc(NC(=O)[C@@H]2CN(S(C)(=O)=O)c3cc(Cl)ccc3O2)s1. The van der Waals surface area contributed by atoms with Gasteiger partial charge in [-0.1, -0.05) is 41.6 Å². The first kappa shape index (κ1) is 19.2. The number of rotatable bonds is 5. The first-order chi connectivity index (χ1) is 12.3. The molecule has 8 nitrogen and oxygen atoms in total. The molecule has 0 bridgehead atoms. The Kier molecular flexibility index (Phi) is 5.61. The number of sulfonamides is 1. The van der Waals surface area contributed by atoms with Gasteiger partial charge in [-0.05, 0) is 24.0 Å². The third kappa shape index (κ3) is 4.22. The number of carbonyl (C=O) groups excluding carboxylic acids is 1. The zero-order valence-electron chi connectivity index (χ0n) is 13.8. The summed E-state index contributed by atoms with van der Waals surface area (Å²) in [5, 5.41) is 11.2. The molecule has 0 aliphatic carbocycles. The van der Waals surface area contributed by atoms with Crippen molar-refractivity contribution in [2.24, 2.45) is 0 Å². The summed E-state index contributed by atoms with van der Waals surface area (Å²) >= 11 is 8.72. The lowest BCUT2D eigenvalue weighted by Crippen LogP contribution is -2.48. The second kappa shape index (κ2) is 7.59. The van der Waals surface area contributed by atoms with Crippen LogP contribution in [0.25, 0.3) is 0 Å². The molecule has 1 atom stereocenters. The number of thioether (sulfide) groups is 1. The van der Waals surface area contributed by atoms with Crippen LogP contribution in [0.1, 0.15) is 6.92 Å². The number of hydrogen-bond donors (Lipinski definition) is 1. The minimum atomic E-state index is -3.61. The van der Waals surface area contributed by atoms with E-state index in [9.17, 15) is 13.2 Å². The molecule has 140 valence electrons. The van der Waals surface area contributed by atoms with Crippen molar-refractivity contribution in [3.8, 4) is 5.75 Å². The number of anilines is 2. The number of carbonyl (C=O) groups is 1. The minimum absolute atomic E-state index is 0.159. The van der Waals surface area contributed by atoms with Crippen LogP contribution in [0.5, 0.6) is 5.75 Å². The van der Waals surface area contributed by atoms with Crippen LogP contribution >= 0.6 is 34.7 Å². The predicted octanol–water partition coefficient (Wildman–Crippen LogP) is 2.47. The molecule has 3 rings (SSSR count). The van der Waals surface area contributed by atoms with Gasteiger partial charge < -0.3 is 4.74 Å². The Morgan fingerprint density at radius 2 is 2.27 bits per heavy atom. The van der Waals surface area contributed by atoms with Crippen LogP contribution in [0.15, 0.2) is 22.5 Å². The molecule has 0 spiro atoms. The van der Waals surface area contributed by atoms with Crippen LogP contribution in [0.4, 0.5) is 10.8 Å². The number of aromatic nitrogens is 2. The number of fused-ring (bicyclic) bond motifs is 1. The van der Waals surface area contributed by atoms with Crippen LogP contribution in [0, 0.1) is 0 Å². The largest absolute Gasteiger partial charge is 0.476 e. The van der Waals surface area contributed by atoms with Crippen molar-refractivity contribution >= 4 is 61.4 Å². The van der Waals surface area contributed by atoms with Crippen molar-refractivity contribution in [2.75, 3.05) is 28.2 Å². The number of benzene rings is 1. The summed E-state index contributed by atoms with van der Waals surface area (Å²) in [6.07, 6.45) is 0.0429. The molecule has 1 aromatic heterocycles. The number of hydrogen-bond acceptors (Lipinski definition) is 8. The maximum atomic E-state index is 12.5. The summed E-state index contributed by atoms with van der Waals surface area (Å²) in [5.74, 6) is 0.617. The van der Waals surface area contributed by atoms with Crippen molar-refractivity contribution in [1.29, 1.82) is 0 Å². The molecule has 0 saturated carbocycles. The van der Waals surface area contributed by atoms with E-state index in [2.05, 4.69) is 15.5 Å². The highest BCUT2D eigenvalue weighted by molar-refractivity contribution is 8.01. The number of nitrogens with zero attached hydrogens (tertiary/aromatic N) is 3. The van der Waals surface area contributed by atoms with E-state index in [1.807, 2.05) is 6.92 Å². The van der Waals surface area contributed by atoms with Gasteiger partial charge in [0.2, 0.25) is 15.2 Å². The second-order valence-electron chi connectivity index (χ2n) is 5.31. The molecule has 0 saturated heterocycles.